The van der Waals surface area contributed by atoms with Gasteiger partial charge in [0.15, 0.2) is 17.5 Å². The number of aromatic hydroxyl groups is 1. The maximum atomic E-state index is 16.1. The third-order valence-corrected chi connectivity index (χ3v) is 24.2. The number of hydrogen-bond donors (Lipinski definition) is 10. The van der Waals surface area contributed by atoms with E-state index < -0.39 is 198 Å². The molecule has 2 saturated carbocycles. The number of benzene rings is 8. The van der Waals surface area contributed by atoms with Gasteiger partial charge in [-0.25, -0.2) is 14.4 Å². The number of phenolic OH excluding ortho intramolecular Hbond substituents is 1. The van der Waals surface area contributed by atoms with Crippen LogP contribution in [0, 0.1) is 16.7 Å². The molecule has 0 spiro atoms. The van der Waals surface area contributed by atoms with Gasteiger partial charge in [0, 0.05) is 69.9 Å². The molecule has 654 valence electrons. The van der Waals surface area contributed by atoms with E-state index in [0.29, 0.717) is 22.3 Å². The molecule has 2 bridgehead atoms. The van der Waals surface area contributed by atoms with Crippen LogP contribution in [0.3, 0.4) is 0 Å². The summed E-state index contributed by atoms with van der Waals surface area (Å²) in [7, 11) is 0. The molecule has 0 unspecified atom stereocenters. The van der Waals surface area contributed by atoms with Gasteiger partial charge in [0.05, 0.1) is 42.4 Å². The van der Waals surface area contributed by atoms with Crippen LogP contribution in [-0.4, -0.2) is 183 Å². The molecule has 0 radical (unpaired) electrons. The summed E-state index contributed by atoms with van der Waals surface area (Å²) in [4.78, 5) is 188. The number of hydrogen-bond acceptors (Lipinski definition) is 22. The van der Waals surface area contributed by atoms with Crippen LogP contribution in [0.25, 0.3) is 10.8 Å². The second kappa shape index (κ2) is 39.9. The van der Waals surface area contributed by atoms with Gasteiger partial charge in [-0.3, -0.25) is 47.9 Å². The number of nitrogens with one attached hydrogen (secondary N) is 6. The maximum absolute atomic E-state index is 16.1. The molecule has 4 aliphatic rings. The average molecular weight is 1710 g/mol. The Morgan fingerprint density at radius 3 is 1.69 bits per heavy atom. The number of ketones is 1. The van der Waals surface area contributed by atoms with Crippen LogP contribution in [0.1, 0.15) is 141 Å². The number of phenols is 1. The molecule has 0 aromatic heterocycles. The predicted octanol–water partition coefficient (Wildman–Crippen LogP) is 8.21. The number of carbonyl (C=O) groups is 13. The summed E-state index contributed by atoms with van der Waals surface area (Å²) >= 11 is 0. The summed E-state index contributed by atoms with van der Waals surface area (Å²) in [5.74, 6) is -14.1. The van der Waals surface area contributed by atoms with Gasteiger partial charge in [-0.1, -0.05) is 196 Å². The van der Waals surface area contributed by atoms with Crippen molar-refractivity contribution in [1.82, 2.24) is 31.9 Å². The van der Waals surface area contributed by atoms with E-state index >= 15 is 14.4 Å². The van der Waals surface area contributed by atoms with Crippen LogP contribution in [0.15, 0.2) is 230 Å². The normalized spacial score (nSPS) is 22.4. The van der Waals surface area contributed by atoms with Gasteiger partial charge in [0.1, 0.15) is 59.9 Å². The summed E-state index contributed by atoms with van der Waals surface area (Å²) in [6, 6.07) is 52.5. The Hall–Kier alpha value is -13.3. The molecule has 8 aromatic rings. The number of Topliss-reactive ketones (excluding diaryl/α,β-unsaturated/α-hetero) is 1. The van der Waals surface area contributed by atoms with Crippen molar-refractivity contribution in [3.05, 3.63) is 268 Å². The van der Waals surface area contributed by atoms with Crippen molar-refractivity contribution < 1.29 is 111 Å². The lowest BCUT2D eigenvalue weighted by Crippen LogP contribution is -2.82. The van der Waals surface area contributed by atoms with Crippen molar-refractivity contribution in [2.75, 3.05) is 13.2 Å². The Bertz CT molecular complexity index is 5330. The van der Waals surface area contributed by atoms with E-state index in [2.05, 4.69) is 31.9 Å². The number of ether oxygens (including phenoxy) is 6. The summed E-state index contributed by atoms with van der Waals surface area (Å²) in [6.07, 6.45) is -13.6. The molecule has 29 heteroatoms. The highest BCUT2D eigenvalue weighted by Gasteiger charge is 2.78. The van der Waals surface area contributed by atoms with Gasteiger partial charge >= 0.3 is 35.8 Å². The van der Waals surface area contributed by atoms with Gasteiger partial charge in [-0.05, 0) is 119 Å². The monoisotopic (exact) mass is 1710 g/mol. The van der Waals surface area contributed by atoms with E-state index in [1.165, 1.54) is 88.4 Å². The first-order chi connectivity index (χ1) is 59.8. The topological polar surface area (TPSA) is 430 Å². The zero-order chi connectivity index (χ0) is 89.5. The van der Waals surface area contributed by atoms with Gasteiger partial charge < -0.3 is 80.7 Å². The van der Waals surface area contributed by atoms with Gasteiger partial charge in [-0.2, -0.15) is 0 Å². The lowest BCUT2D eigenvalue weighted by atomic mass is 9.44. The molecule has 1 saturated heterocycles. The maximum Gasteiger partial charge on any atom is 0.350 e. The summed E-state index contributed by atoms with van der Waals surface area (Å²) in [6.45, 7) is 7.40. The number of amides is 6. The zero-order valence-electron chi connectivity index (χ0n) is 70.0. The third kappa shape index (κ3) is 21.2. The van der Waals surface area contributed by atoms with Crippen molar-refractivity contribution in [2.45, 2.75) is 190 Å². The van der Waals surface area contributed by atoms with Crippen LogP contribution in [0.4, 0.5) is 0 Å². The molecule has 3 aliphatic carbocycles. The third-order valence-electron chi connectivity index (χ3n) is 24.2. The number of carboxylic acids is 1. The predicted molar refractivity (Wildman–Crippen MR) is 453 cm³/mol. The summed E-state index contributed by atoms with van der Waals surface area (Å²) in [5, 5.41) is 65.6. The number of carboxylic acid groups (broad SMARTS) is 1. The molecule has 8 aromatic carbocycles. The molecule has 3 fully saturated rings. The molecule has 15 atom stereocenters. The molecular weight excluding hydrogens is 1610 g/mol. The number of aliphatic carboxylic acids is 1. The van der Waals surface area contributed by atoms with Crippen LogP contribution < -0.4 is 31.9 Å². The highest BCUT2D eigenvalue weighted by atomic mass is 16.6. The molecule has 10 N–H and O–H groups in total. The van der Waals surface area contributed by atoms with Crippen molar-refractivity contribution in [1.29, 1.82) is 0 Å². The number of fused-ring (bicyclic) bond motifs is 6. The second-order valence-electron chi connectivity index (χ2n) is 32.9. The lowest BCUT2D eigenvalue weighted by molar-refractivity contribution is -0.346. The Labute approximate surface area is 721 Å². The Kier molecular flexibility index (Phi) is 29.1. The number of aliphatic hydroxyl groups is 2. The number of carbonyl (C=O) groups excluding carboxylic acids is 12. The molecule has 1 aliphatic heterocycles. The summed E-state index contributed by atoms with van der Waals surface area (Å²) < 4.78 is 37.3. The van der Waals surface area contributed by atoms with Gasteiger partial charge in [0.25, 0.3) is 5.91 Å². The van der Waals surface area contributed by atoms with Gasteiger partial charge in [-0.15, -0.1) is 0 Å². The smallest absolute Gasteiger partial charge is 0.350 e. The molecule has 29 nitrogen and oxygen atoms in total. The minimum Gasteiger partial charge on any atom is -0.508 e. The van der Waals surface area contributed by atoms with Crippen molar-refractivity contribution in [2.24, 2.45) is 16.7 Å². The van der Waals surface area contributed by atoms with Crippen LogP contribution in [-0.2, 0) is 107 Å². The molecular formula is C96H102N6O23. The number of rotatable bonds is 35. The van der Waals surface area contributed by atoms with Crippen LogP contribution in [0.5, 0.6) is 5.75 Å². The van der Waals surface area contributed by atoms with Crippen molar-refractivity contribution >= 4 is 87.8 Å². The quantitative estimate of drug-likeness (QED) is 0.00773. The largest absolute Gasteiger partial charge is 0.508 e. The Balaban J connectivity index is 0.787. The van der Waals surface area contributed by atoms with Crippen LogP contribution >= 0.6 is 0 Å². The number of esters is 5. The van der Waals surface area contributed by atoms with E-state index in [1.807, 2.05) is 42.5 Å². The minimum absolute atomic E-state index is 0.0143. The fourth-order valence-corrected chi connectivity index (χ4v) is 17.5. The fourth-order valence-electron chi connectivity index (χ4n) is 17.5. The summed E-state index contributed by atoms with van der Waals surface area (Å²) in [5.41, 5.74) is -6.03. The first kappa shape index (κ1) is 91.0. The SMILES string of the molecule is CC(=O)O[C@H]1C(=O)[C@@]2(C)[C@H]([C@H](OC(=O)c3ccccc3)[C@]3(O)C[C@H](OC(=O)[C@H](OC(=O)CCC(=O)NCCCC[C@@H](NC(=O)[C@@H](Cc4ccccc4)NC(=O)[C@@H](Cc4ccccc4)NC(=O)Cc4ccc5ccccc5c4)C(=O)N[C@@H](Cc4ccc(O)cc4)C(=O)O)[C@@H](NC(=O)c4ccccc4)c4ccccc4)C(C)=C1C3(C)C)[C@]1(OC(C)=O)CO[C@@H]1C[C@@H]2O. The van der Waals surface area contributed by atoms with E-state index in [-0.39, 0.29) is 91.5 Å². The number of unbranched alkanes of at least 4 members (excludes halogenated alkanes) is 1. The highest BCUT2D eigenvalue weighted by Crippen LogP contribution is 2.65. The first-order valence-corrected chi connectivity index (χ1v) is 41.5. The number of aliphatic hydroxyl groups excluding tert-OH is 1. The van der Waals surface area contributed by atoms with E-state index in [9.17, 15) is 68.4 Å². The van der Waals surface area contributed by atoms with E-state index in [0.717, 1.165) is 24.6 Å². The fraction of sp³-hybridized carbons (Fsp3) is 0.365. The van der Waals surface area contributed by atoms with E-state index in [4.69, 9.17) is 28.4 Å². The Morgan fingerprint density at radius 2 is 1.10 bits per heavy atom. The minimum atomic E-state index is -2.61. The van der Waals surface area contributed by atoms with E-state index in [1.54, 1.807) is 115 Å². The first-order valence-electron chi connectivity index (χ1n) is 41.5. The molecule has 6 amide bonds. The zero-order valence-corrected chi connectivity index (χ0v) is 70.0. The highest BCUT2D eigenvalue weighted by molar-refractivity contribution is 5.98. The molecule has 12 rings (SSSR count). The standard InChI is InChI=1S/C96H102N6O23/c1-56-73(54-96(119)85(124-91(117)66-35-20-11-21-36-66)83-94(6,74(106)53-75-95(83,55-120-75)125-58(3)104)84(110)81(121-57(2)103)79(56)93(96,4)5)122-92(118)82(80(64-31-16-9-17-32-64)102-86(111)65-33-18-10-19-34-65)123-78(109)46-45-76(107)97-47-25-24-38-69(87(112)101-72(90(115)116)51-61-40-43-68(105)44-41-61)99-89(114)71(50-60-28-14-8-15-29-60)100-88(113)70(49-59-26-12-7-13-27-59)98-77(108)52-62-39-42-63-30-22-23-37-67(63)48-62/h7-23,26-37,39-44,48,69-75,80-83,85,105-106,119H,24-25,38,45-47,49-55H2,1-6H3,(H,97,107)(H,98,108)(H,99,114)(H,100,113)(H,101,112)(H,102,111)(H,115,116)/t69-,70-,71-,72+,73+,74+,75-,80+,81-,82-,83+,85+,94-,95+,96-/m1/s1. The van der Waals surface area contributed by atoms with Gasteiger partial charge in [0.2, 0.25) is 35.6 Å². The lowest BCUT2D eigenvalue weighted by Gasteiger charge is -2.67. The molecule has 125 heavy (non-hydrogen) atoms. The van der Waals surface area contributed by atoms with Crippen LogP contribution in [0.2, 0.25) is 0 Å². The second-order valence-corrected chi connectivity index (χ2v) is 32.9. The van der Waals surface area contributed by atoms with Crippen molar-refractivity contribution in [3.63, 3.8) is 0 Å². The van der Waals surface area contributed by atoms with Crippen molar-refractivity contribution in [3.8, 4) is 5.75 Å². The Morgan fingerprint density at radius 1 is 0.560 bits per heavy atom. The average Bonchev–Trinajstić information content (AvgIpc) is 0.667. The molecule has 1 heterocycles.